The number of rotatable bonds is 10. The summed E-state index contributed by atoms with van der Waals surface area (Å²) in [4.78, 5) is 2.42. The van der Waals surface area contributed by atoms with E-state index in [1.807, 2.05) is 12.1 Å². The summed E-state index contributed by atoms with van der Waals surface area (Å²) in [5, 5.41) is 12.5. The van der Waals surface area contributed by atoms with Crippen molar-refractivity contribution in [3.63, 3.8) is 0 Å². The summed E-state index contributed by atoms with van der Waals surface area (Å²) in [7, 11) is -2.76. The van der Waals surface area contributed by atoms with Gasteiger partial charge in [-0.05, 0) is 127 Å². The fraction of sp³-hybridized carbons (Fsp3) is 0. The number of nitrogens with zero attached hydrogens (tertiary/aromatic N) is 2. The molecule has 74 heavy (non-hydrogen) atoms. The van der Waals surface area contributed by atoms with Gasteiger partial charge in [0.15, 0.2) is 8.07 Å². The number of benzene rings is 12. The van der Waals surface area contributed by atoms with Gasteiger partial charge in [-0.15, -0.1) is 0 Å². The van der Waals surface area contributed by atoms with Crippen LogP contribution >= 0.6 is 0 Å². The summed E-state index contributed by atoms with van der Waals surface area (Å²) in [6.07, 6.45) is 0. The first kappa shape index (κ1) is 43.3. The van der Waals surface area contributed by atoms with Crippen LogP contribution in [0, 0.1) is 0 Å². The van der Waals surface area contributed by atoms with Crippen LogP contribution in [0.2, 0.25) is 0 Å². The molecule has 2 heterocycles. The van der Waals surface area contributed by atoms with Crippen molar-refractivity contribution in [1.29, 1.82) is 0 Å². The van der Waals surface area contributed by atoms with Crippen molar-refractivity contribution < 1.29 is 4.42 Å². The van der Waals surface area contributed by atoms with Crippen LogP contribution in [-0.2, 0) is 0 Å². The largest absolute Gasteiger partial charge is 0.456 e. The van der Waals surface area contributed by atoms with Crippen molar-refractivity contribution >= 4 is 100 Å². The average molecular weight is 961 g/mol. The molecule has 0 fully saturated rings. The highest BCUT2D eigenvalue weighted by Gasteiger charge is 2.41. The number of para-hydroxylation sites is 2. The molecule has 0 aliphatic rings. The number of furan rings is 1. The van der Waals surface area contributed by atoms with E-state index in [0.717, 1.165) is 61.3 Å². The maximum absolute atomic E-state index is 6.28. The van der Waals surface area contributed by atoms with Crippen LogP contribution in [0.1, 0.15) is 0 Å². The SMILES string of the molecule is c1ccc([Si](c2ccccc2)(c2ccccc2)c2ccc(N(c3ccc(-c4cccc5ccccc45)cc3)c3cccc(-c4cccc5c4c4ccccc4n5-c4ccc5oc6ccccc6c5c4)c3)cc2)cc1. The molecule has 2 aromatic heterocycles. The molecule has 14 rings (SSSR count). The minimum absolute atomic E-state index is 0.889. The number of aromatic nitrogens is 1. The first-order valence-corrected chi connectivity index (χ1v) is 27.4. The summed E-state index contributed by atoms with van der Waals surface area (Å²) < 4.78 is 8.69. The zero-order valence-corrected chi connectivity index (χ0v) is 41.5. The molecule has 4 heteroatoms. The van der Waals surface area contributed by atoms with Gasteiger partial charge < -0.3 is 13.9 Å². The third-order valence-corrected chi connectivity index (χ3v) is 19.9. The lowest BCUT2D eigenvalue weighted by Gasteiger charge is -2.35. The smallest absolute Gasteiger partial charge is 0.179 e. The Morgan fingerprint density at radius 3 is 1.55 bits per heavy atom. The van der Waals surface area contributed by atoms with Crippen LogP contribution in [-0.4, -0.2) is 12.6 Å². The lowest BCUT2D eigenvalue weighted by molar-refractivity contribution is 0.669. The molecule has 0 atom stereocenters. The van der Waals surface area contributed by atoms with E-state index < -0.39 is 8.07 Å². The molecule has 348 valence electrons. The molecule has 0 aliphatic carbocycles. The zero-order valence-electron chi connectivity index (χ0n) is 40.5. The van der Waals surface area contributed by atoms with Gasteiger partial charge in [0.25, 0.3) is 0 Å². The molecule has 0 radical (unpaired) electrons. The van der Waals surface area contributed by atoms with E-state index in [9.17, 15) is 0 Å². The predicted octanol–water partition coefficient (Wildman–Crippen LogP) is 16.0. The second-order valence-corrected chi connectivity index (χ2v) is 23.0. The van der Waals surface area contributed by atoms with E-state index in [1.165, 1.54) is 59.0 Å². The van der Waals surface area contributed by atoms with E-state index in [-0.39, 0.29) is 0 Å². The molecule has 0 saturated heterocycles. The average Bonchev–Trinajstić information content (AvgIpc) is 4.06. The first-order valence-electron chi connectivity index (χ1n) is 25.4. The van der Waals surface area contributed by atoms with Crippen molar-refractivity contribution in [2.75, 3.05) is 4.90 Å². The number of hydrogen-bond acceptors (Lipinski definition) is 2. The molecule has 0 saturated carbocycles. The second kappa shape index (κ2) is 18.0. The summed E-state index contributed by atoms with van der Waals surface area (Å²) in [5.41, 5.74) is 13.2. The molecule has 0 unspecified atom stereocenters. The van der Waals surface area contributed by atoms with Crippen molar-refractivity contribution in [1.82, 2.24) is 4.57 Å². The Hall–Kier alpha value is -9.48. The van der Waals surface area contributed by atoms with Crippen LogP contribution in [0.4, 0.5) is 17.1 Å². The van der Waals surface area contributed by atoms with Gasteiger partial charge in [-0.3, -0.25) is 0 Å². The first-order chi connectivity index (χ1) is 36.7. The van der Waals surface area contributed by atoms with Crippen LogP contribution in [0.3, 0.4) is 0 Å². The quantitative estimate of drug-likeness (QED) is 0.101. The van der Waals surface area contributed by atoms with Gasteiger partial charge in [0, 0.05) is 44.3 Å². The highest BCUT2D eigenvalue weighted by Crippen LogP contribution is 2.43. The Morgan fingerprint density at radius 1 is 0.311 bits per heavy atom. The zero-order chi connectivity index (χ0) is 49.0. The Morgan fingerprint density at radius 2 is 0.838 bits per heavy atom. The van der Waals surface area contributed by atoms with Crippen LogP contribution in [0.15, 0.2) is 296 Å². The Bertz CT molecular complexity index is 4250. The Kier molecular flexibility index (Phi) is 10.5. The number of anilines is 3. The summed E-state index contributed by atoms with van der Waals surface area (Å²) >= 11 is 0. The maximum Gasteiger partial charge on any atom is 0.179 e. The molecular formula is C70H48N2OSi. The molecule has 0 amide bonds. The predicted molar refractivity (Wildman–Crippen MR) is 315 cm³/mol. The monoisotopic (exact) mass is 960 g/mol. The van der Waals surface area contributed by atoms with Gasteiger partial charge in [0.05, 0.1) is 11.0 Å². The fourth-order valence-electron chi connectivity index (χ4n) is 11.8. The molecular weight excluding hydrogens is 913 g/mol. The minimum atomic E-state index is -2.76. The summed E-state index contributed by atoms with van der Waals surface area (Å²) in [6, 6.07) is 107. The Labute approximate surface area is 431 Å². The van der Waals surface area contributed by atoms with E-state index in [2.05, 4.69) is 289 Å². The van der Waals surface area contributed by atoms with Crippen LogP contribution in [0.25, 0.3) is 82.5 Å². The van der Waals surface area contributed by atoms with Gasteiger partial charge in [-0.2, -0.15) is 0 Å². The van der Waals surface area contributed by atoms with Crippen molar-refractivity contribution in [2.45, 2.75) is 0 Å². The normalized spacial score (nSPS) is 11.8. The molecule has 14 aromatic rings. The lowest BCUT2D eigenvalue weighted by Crippen LogP contribution is -2.74. The third kappa shape index (κ3) is 7.10. The topological polar surface area (TPSA) is 21.3 Å². The van der Waals surface area contributed by atoms with Gasteiger partial charge >= 0.3 is 0 Å². The maximum atomic E-state index is 6.28. The molecule has 0 N–H and O–H groups in total. The van der Waals surface area contributed by atoms with E-state index in [1.54, 1.807) is 0 Å². The fourth-order valence-corrected chi connectivity index (χ4v) is 16.6. The molecule has 3 nitrogen and oxygen atoms in total. The lowest BCUT2D eigenvalue weighted by atomic mass is 9.97. The number of hydrogen-bond donors (Lipinski definition) is 0. The van der Waals surface area contributed by atoms with E-state index >= 15 is 0 Å². The van der Waals surface area contributed by atoms with Crippen LogP contribution in [0.5, 0.6) is 0 Å². The van der Waals surface area contributed by atoms with Gasteiger partial charge in [-0.1, -0.05) is 218 Å². The van der Waals surface area contributed by atoms with E-state index in [4.69, 9.17) is 4.42 Å². The molecule has 0 bridgehead atoms. The van der Waals surface area contributed by atoms with Crippen molar-refractivity contribution in [2.24, 2.45) is 0 Å². The highest BCUT2D eigenvalue weighted by atomic mass is 28.3. The van der Waals surface area contributed by atoms with Gasteiger partial charge in [-0.25, -0.2) is 0 Å². The summed E-state index contributed by atoms with van der Waals surface area (Å²) in [5.74, 6) is 0. The molecule has 12 aromatic carbocycles. The van der Waals surface area contributed by atoms with Gasteiger partial charge in [0.2, 0.25) is 0 Å². The standard InChI is InChI=1S/C70H48N2OSi/c1-4-23-56(24-5-1)74(57-25-6-2-7-26-57,58-27-8-3-9-28-58)59-44-41-53(42-45-59)71(52-39-37-50(38-40-52)61-32-17-20-49-19-10-11-29-60(49)61)54-22-16-21-51(47-54)62-33-18-35-67-70(62)64-31-12-14-34-66(64)72(67)55-43-46-69-65(48-55)63-30-13-15-36-68(63)73-69/h1-48H. The Balaban J connectivity index is 0.937. The van der Waals surface area contributed by atoms with E-state index in [0.29, 0.717) is 0 Å². The third-order valence-electron chi connectivity index (χ3n) is 15.1. The minimum Gasteiger partial charge on any atom is -0.456 e. The van der Waals surface area contributed by atoms with Crippen molar-refractivity contribution in [3.05, 3.63) is 291 Å². The number of fused-ring (bicyclic) bond motifs is 7. The highest BCUT2D eigenvalue weighted by molar-refractivity contribution is 7.19. The molecule has 0 aliphatic heterocycles. The molecule has 0 spiro atoms. The van der Waals surface area contributed by atoms with Crippen molar-refractivity contribution in [3.8, 4) is 27.9 Å². The second-order valence-electron chi connectivity index (χ2n) is 19.2. The van der Waals surface area contributed by atoms with Gasteiger partial charge in [0.1, 0.15) is 11.2 Å². The van der Waals surface area contributed by atoms with Crippen LogP contribution < -0.4 is 25.6 Å². The summed E-state index contributed by atoms with van der Waals surface area (Å²) in [6.45, 7) is 0.